The van der Waals surface area contributed by atoms with Gasteiger partial charge in [0.25, 0.3) is 0 Å². The van der Waals surface area contributed by atoms with Crippen LogP contribution in [0.5, 0.6) is 0 Å². The van der Waals surface area contributed by atoms with E-state index >= 15 is 0 Å². The molecule has 0 aromatic heterocycles. The lowest BCUT2D eigenvalue weighted by Gasteiger charge is -2.20. The van der Waals surface area contributed by atoms with Gasteiger partial charge in [0.1, 0.15) is 0 Å². The molecule has 2 aromatic rings. The van der Waals surface area contributed by atoms with E-state index in [1.807, 2.05) is 37.3 Å². The minimum atomic E-state index is -3.94. The Labute approximate surface area is 159 Å². The molecule has 27 heavy (non-hydrogen) atoms. The second kappa shape index (κ2) is 9.45. The van der Waals surface area contributed by atoms with Gasteiger partial charge in [0.2, 0.25) is 10.0 Å². The molecule has 0 saturated carbocycles. The van der Waals surface area contributed by atoms with Gasteiger partial charge >= 0.3 is 5.97 Å². The van der Waals surface area contributed by atoms with Crippen molar-refractivity contribution in [3.05, 3.63) is 71.8 Å². The minimum absolute atomic E-state index is 0.0438. The average Bonchev–Trinajstić information content (AvgIpc) is 2.66. The number of aliphatic hydroxyl groups excluding tert-OH is 1. The molecule has 0 unspecified atom stereocenters. The zero-order valence-corrected chi connectivity index (χ0v) is 16.0. The van der Waals surface area contributed by atoms with Crippen LogP contribution in [0.1, 0.15) is 18.1 Å². The van der Waals surface area contributed by atoms with Crippen molar-refractivity contribution in [1.82, 2.24) is 4.72 Å². The molecule has 0 aliphatic rings. The van der Waals surface area contributed by atoms with E-state index in [2.05, 4.69) is 4.72 Å². The zero-order valence-electron chi connectivity index (χ0n) is 15.2. The third-order valence-electron chi connectivity index (χ3n) is 3.79. The highest BCUT2D eigenvalue weighted by Gasteiger charge is 2.29. The van der Waals surface area contributed by atoms with Crippen molar-refractivity contribution in [3.8, 4) is 0 Å². The predicted octanol–water partition coefficient (Wildman–Crippen LogP) is 2.28. The van der Waals surface area contributed by atoms with Crippen LogP contribution in [-0.2, 0) is 19.6 Å². The highest BCUT2D eigenvalue weighted by molar-refractivity contribution is 7.89. The summed E-state index contributed by atoms with van der Waals surface area (Å²) in [5.74, 6) is -0.896. The summed E-state index contributed by atoms with van der Waals surface area (Å²) >= 11 is 0. The number of ether oxygens (including phenoxy) is 1. The number of carbonyl (C=O) groups excluding carboxylic acids is 1. The van der Waals surface area contributed by atoms with Crippen molar-refractivity contribution >= 4 is 22.1 Å². The molecule has 0 amide bonds. The van der Waals surface area contributed by atoms with E-state index < -0.39 is 28.1 Å². The smallest absolute Gasteiger partial charge is 0.336 e. The molecule has 0 bridgehead atoms. The molecule has 2 rings (SSSR count). The maximum Gasteiger partial charge on any atom is 0.336 e. The van der Waals surface area contributed by atoms with Crippen LogP contribution in [0.2, 0.25) is 0 Å². The topological polar surface area (TPSA) is 92.7 Å². The molecule has 0 radical (unpaired) electrons. The monoisotopic (exact) mass is 389 g/mol. The van der Waals surface area contributed by atoms with Gasteiger partial charge in [0.15, 0.2) is 6.10 Å². The number of esters is 1. The molecule has 0 aliphatic carbocycles. The Morgan fingerprint density at radius 3 is 2.37 bits per heavy atom. The standard InChI is InChI=1S/C20H23NO5S/c1-3-26-20(23)19(22)18(14-11-16-7-5-4-6-8-16)21-27(24,25)17-12-9-15(2)10-13-17/h4-14,18-19,21-22H,3H2,1-2H3/b14-11+/t18-,19+/m0/s1. The summed E-state index contributed by atoms with van der Waals surface area (Å²) in [4.78, 5) is 12.0. The Bertz CT molecular complexity index is 876. The lowest BCUT2D eigenvalue weighted by Crippen LogP contribution is -2.46. The van der Waals surface area contributed by atoms with E-state index in [9.17, 15) is 18.3 Å². The van der Waals surface area contributed by atoms with Gasteiger partial charge in [0.05, 0.1) is 17.5 Å². The maximum atomic E-state index is 12.6. The van der Waals surface area contributed by atoms with Crippen molar-refractivity contribution in [2.75, 3.05) is 6.61 Å². The first-order valence-corrected chi connectivity index (χ1v) is 9.99. The van der Waals surface area contributed by atoms with Crippen LogP contribution < -0.4 is 4.72 Å². The second-order valence-electron chi connectivity index (χ2n) is 5.93. The molecule has 0 saturated heterocycles. The summed E-state index contributed by atoms with van der Waals surface area (Å²) in [5.41, 5.74) is 1.72. The average molecular weight is 389 g/mol. The number of nitrogens with one attached hydrogen (secondary N) is 1. The summed E-state index contributed by atoms with van der Waals surface area (Å²) in [6.45, 7) is 3.53. The second-order valence-corrected chi connectivity index (χ2v) is 7.64. The Morgan fingerprint density at radius 2 is 1.78 bits per heavy atom. The van der Waals surface area contributed by atoms with E-state index in [1.165, 1.54) is 18.2 Å². The van der Waals surface area contributed by atoms with Gasteiger partial charge in [-0.05, 0) is 31.5 Å². The molecule has 2 aromatic carbocycles. The van der Waals surface area contributed by atoms with Crippen LogP contribution in [-0.4, -0.2) is 38.2 Å². The number of rotatable bonds is 8. The van der Waals surface area contributed by atoms with Crippen molar-refractivity contribution in [1.29, 1.82) is 0 Å². The molecule has 0 heterocycles. The number of aryl methyl sites for hydroxylation is 1. The van der Waals surface area contributed by atoms with E-state index in [0.29, 0.717) is 0 Å². The summed E-state index contributed by atoms with van der Waals surface area (Å²) < 4.78 is 32.5. The fourth-order valence-corrected chi connectivity index (χ4v) is 3.52. The van der Waals surface area contributed by atoms with Crippen LogP contribution in [0.4, 0.5) is 0 Å². The number of hydrogen-bond donors (Lipinski definition) is 2. The highest BCUT2D eigenvalue weighted by atomic mass is 32.2. The molecular formula is C20H23NO5S. The van der Waals surface area contributed by atoms with Gasteiger partial charge in [0, 0.05) is 0 Å². The molecule has 7 heteroatoms. The van der Waals surface area contributed by atoms with Crippen LogP contribution in [0.25, 0.3) is 6.08 Å². The van der Waals surface area contributed by atoms with E-state index in [-0.39, 0.29) is 11.5 Å². The Balaban J connectivity index is 2.29. The summed E-state index contributed by atoms with van der Waals surface area (Å²) in [5, 5.41) is 10.3. The van der Waals surface area contributed by atoms with Gasteiger partial charge in [-0.1, -0.05) is 60.2 Å². The van der Waals surface area contributed by atoms with Gasteiger partial charge < -0.3 is 9.84 Å². The van der Waals surface area contributed by atoms with Crippen molar-refractivity contribution in [3.63, 3.8) is 0 Å². The first-order chi connectivity index (χ1) is 12.8. The largest absolute Gasteiger partial charge is 0.464 e. The van der Waals surface area contributed by atoms with Crippen molar-refractivity contribution in [2.24, 2.45) is 0 Å². The SMILES string of the molecule is CCOC(=O)[C@H](O)[C@H](/C=C/c1ccccc1)NS(=O)(=O)c1ccc(C)cc1. The Morgan fingerprint density at radius 1 is 1.15 bits per heavy atom. The van der Waals surface area contributed by atoms with Crippen molar-refractivity contribution in [2.45, 2.75) is 30.9 Å². The third kappa shape index (κ3) is 6.02. The van der Waals surface area contributed by atoms with Gasteiger partial charge in [-0.3, -0.25) is 0 Å². The van der Waals surface area contributed by atoms with Crippen molar-refractivity contribution < 1.29 is 23.1 Å². The van der Waals surface area contributed by atoms with Crippen LogP contribution in [0.3, 0.4) is 0 Å². The number of aliphatic hydroxyl groups is 1. The summed E-state index contributed by atoms with van der Waals surface area (Å²) in [6, 6.07) is 14.2. The number of benzene rings is 2. The summed E-state index contributed by atoms with van der Waals surface area (Å²) in [7, 11) is -3.94. The van der Waals surface area contributed by atoms with Gasteiger partial charge in [-0.2, -0.15) is 0 Å². The molecule has 2 N–H and O–H groups in total. The van der Waals surface area contributed by atoms with Crippen LogP contribution in [0.15, 0.2) is 65.6 Å². The Hall–Kier alpha value is -2.48. The molecule has 6 nitrogen and oxygen atoms in total. The quantitative estimate of drug-likeness (QED) is 0.676. The van der Waals surface area contributed by atoms with Crippen LogP contribution >= 0.6 is 0 Å². The van der Waals surface area contributed by atoms with Crippen LogP contribution in [0, 0.1) is 6.92 Å². The predicted molar refractivity (Wildman–Crippen MR) is 103 cm³/mol. The number of hydrogen-bond acceptors (Lipinski definition) is 5. The molecule has 144 valence electrons. The van der Waals surface area contributed by atoms with E-state index in [0.717, 1.165) is 11.1 Å². The number of sulfonamides is 1. The molecule has 0 spiro atoms. The lowest BCUT2D eigenvalue weighted by atomic mass is 10.1. The Kier molecular flexibility index (Phi) is 7.29. The molecule has 0 aliphatic heterocycles. The lowest BCUT2D eigenvalue weighted by molar-refractivity contribution is -0.153. The summed E-state index contributed by atoms with van der Waals surface area (Å²) in [6.07, 6.45) is 1.39. The van der Waals surface area contributed by atoms with E-state index in [4.69, 9.17) is 4.74 Å². The molecule has 2 atom stereocenters. The minimum Gasteiger partial charge on any atom is -0.464 e. The maximum absolute atomic E-state index is 12.6. The van der Waals surface area contributed by atoms with Gasteiger partial charge in [-0.25, -0.2) is 17.9 Å². The molecular weight excluding hydrogens is 366 g/mol. The molecule has 0 fully saturated rings. The zero-order chi connectivity index (χ0) is 19.9. The normalized spacial score (nSPS) is 14.0. The first-order valence-electron chi connectivity index (χ1n) is 8.50. The number of carbonyl (C=O) groups is 1. The third-order valence-corrected chi connectivity index (χ3v) is 5.26. The fourth-order valence-electron chi connectivity index (χ4n) is 2.33. The first kappa shape index (κ1) is 20.8. The highest BCUT2D eigenvalue weighted by Crippen LogP contribution is 2.13. The van der Waals surface area contributed by atoms with E-state index in [1.54, 1.807) is 25.1 Å². The van der Waals surface area contributed by atoms with Gasteiger partial charge in [-0.15, -0.1) is 0 Å². The fraction of sp³-hybridized carbons (Fsp3) is 0.250.